The summed E-state index contributed by atoms with van der Waals surface area (Å²) in [4.78, 5) is 3.97. The van der Waals surface area contributed by atoms with Gasteiger partial charge in [0.25, 0.3) is 0 Å². The zero-order chi connectivity index (χ0) is 13.1. The summed E-state index contributed by atoms with van der Waals surface area (Å²) in [6.45, 7) is 0. The Bertz CT molecular complexity index is 547. The maximum absolute atomic E-state index is 13.9. The summed E-state index contributed by atoms with van der Waals surface area (Å²) in [5, 5.41) is 10.4. The second-order valence-electron chi connectivity index (χ2n) is 3.66. The summed E-state index contributed by atoms with van der Waals surface area (Å²) in [6.07, 6.45) is 0.726. The van der Waals surface area contributed by atoms with Crippen molar-refractivity contribution in [2.75, 3.05) is 7.11 Å². The number of benzene rings is 1. The highest BCUT2D eigenvalue weighted by atomic mass is 35.5. The number of aliphatic hydroxyl groups excluding tert-OH is 1. The van der Waals surface area contributed by atoms with Crippen molar-refractivity contribution < 1.29 is 14.2 Å². The second-order valence-corrected chi connectivity index (χ2v) is 5.35. The Balaban J connectivity index is 2.19. The van der Waals surface area contributed by atoms with Gasteiger partial charge in [0.15, 0.2) is 11.6 Å². The standard InChI is InChI=1S/C12H11ClFNO2S/c1-17-9-4-2-3-7(11(9)14)5-8(16)12-15-6-10(13)18-12/h2-4,6,8,16H,5H2,1H3. The van der Waals surface area contributed by atoms with E-state index >= 15 is 0 Å². The van der Waals surface area contributed by atoms with Crippen LogP contribution in [0.2, 0.25) is 4.34 Å². The van der Waals surface area contributed by atoms with E-state index < -0.39 is 11.9 Å². The molecule has 0 fully saturated rings. The van der Waals surface area contributed by atoms with Crippen LogP contribution in [0.4, 0.5) is 4.39 Å². The highest BCUT2D eigenvalue weighted by Gasteiger charge is 2.16. The maximum atomic E-state index is 13.9. The molecule has 1 aromatic heterocycles. The number of nitrogens with zero attached hydrogens (tertiary/aromatic N) is 1. The summed E-state index contributed by atoms with van der Waals surface area (Å²) in [5.74, 6) is -0.293. The molecule has 1 aromatic carbocycles. The lowest BCUT2D eigenvalue weighted by Gasteiger charge is -2.10. The molecule has 18 heavy (non-hydrogen) atoms. The monoisotopic (exact) mass is 287 g/mol. The van der Waals surface area contributed by atoms with Crippen molar-refractivity contribution in [1.82, 2.24) is 4.98 Å². The summed E-state index contributed by atoms with van der Waals surface area (Å²) in [6, 6.07) is 4.82. The van der Waals surface area contributed by atoms with E-state index in [0.717, 1.165) is 0 Å². The predicted octanol–water partition coefficient (Wildman–Crippen LogP) is 3.22. The van der Waals surface area contributed by atoms with E-state index in [2.05, 4.69) is 4.98 Å². The molecule has 0 spiro atoms. The van der Waals surface area contributed by atoms with Crippen LogP contribution in [0.25, 0.3) is 0 Å². The van der Waals surface area contributed by atoms with E-state index in [1.165, 1.54) is 30.7 Å². The molecule has 1 heterocycles. The molecular formula is C12H11ClFNO2S. The number of aliphatic hydroxyl groups is 1. The summed E-state index contributed by atoms with van der Waals surface area (Å²) >= 11 is 6.92. The SMILES string of the molecule is COc1cccc(CC(O)c2ncc(Cl)s2)c1F. The Kier molecular flexibility index (Phi) is 4.16. The third-order valence-corrected chi connectivity index (χ3v) is 3.67. The molecular weight excluding hydrogens is 277 g/mol. The third kappa shape index (κ3) is 2.80. The van der Waals surface area contributed by atoms with Crippen LogP contribution >= 0.6 is 22.9 Å². The van der Waals surface area contributed by atoms with E-state index in [1.54, 1.807) is 12.1 Å². The average molecular weight is 288 g/mol. The van der Waals surface area contributed by atoms with Gasteiger partial charge in [-0.1, -0.05) is 23.7 Å². The minimum absolute atomic E-state index is 0.132. The van der Waals surface area contributed by atoms with Crippen molar-refractivity contribution in [3.63, 3.8) is 0 Å². The van der Waals surface area contributed by atoms with E-state index in [1.807, 2.05) is 0 Å². The fourth-order valence-corrected chi connectivity index (χ4v) is 2.50. The lowest BCUT2D eigenvalue weighted by atomic mass is 10.1. The molecule has 0 saturated heterocycles. The van der Waals surface area contributed by atoms with E-state index in [4.69, 9.17) is 16.3 Å². The Hall–Kier alpha value is -1.17. The third-order valence-electron chi connectivity index (χ3n) is 2.46. The van der Waals surface area contributed by atoms with Gasteiger partial charge < -0.3 is 9.84 Å². The zero-order valence-electron chi connectivity index (χ0n) is 9.56. The molecule has 0 radical (unpaired) electrons. The van der Waals surface area contributed by atoms with Crippen LogP contribution in [-0.4, -0.2) is 17.2 Å². The van der Waals surface area contributed by atoms with Crippen LogP contribution < -0.4 is 4.74 Å². The minimum Gasteiger partial charge on any atom is -0.494 e. The Labute approximate surface area is 113 Å². The van der Waals surface area contributed by atoms with Gasteiger partial charge in [-0.3, -0.25) is 0 Å². The molecule has 0 aliphatic carbocycles. The molecule has 0 aliphatic heterocycles. The first-order chi connectivity index (χ1) is 8.61. The lowest BCUT2D eigenvalue weighted by molar-refractivity contribution is 0.176. The number of methoxy groups -OCH3 is 1. The number of hydrogen-bond acceptors (Lipinski definition) is 4. The molecule has 3 nitrogen and oxygen atoms in total. The number of halogens is 2. The molecule has 2 aromatic rings. The Morgan fingerprint density at radius 1 is 1.56 bits per heavy atom. The van der Waals surface area contributed by atoms with Crippen molar-refractivity contribution in [2.45, 2.75) is 12.5 Å². The summed E-state index contributed by atoms with van der Waals surface area (Å²) in [5.41, 5.74) is 0.383. The molecule has 1 atom stereocenters. The first kappa shape index (κ1) is 13.3. The van der Waals surface area contributed by atoms with Gasteiger partial charge in [-0.25, -0.2) is 9.37 Å². The van der Waals surface area contributed by atoms with Gasteiger partial charge >= 0.3 is 0 Å². The predicted molar refractivity (Wildman–Crippen MR) is 68.7 cm³/mol. The summed E-state index contributed by atoms with van der Waals surface area (Å²) < 4.78 is 19.3. The molecule has 0 bridgehead atoms. The van der Waals surface area contributed by atoms with Crippen LogP contribution in [0.3, 0.4) is 0 Å². The average Bonchev–Trinajstić information content (AvgIpc) is 2.78. The van der Waals surface area contributed by atoms with Crippen molar-refractivity contribution >= 4 is 22.9 Å². The fourth-order valence-electron chi connectivity index (χ4n) is 1.59. The van der Waals surface area contributed by atoms with E-state index in [9.17, 15) is 9.50 Å². The van der Waals surface area contributed by atoms with Crippen LogP contribution in [-0.2, 0) is 6.42 Å². The summed E-state index contributed by atoms with van der Waals surface area (Å²) in [7, 11) is 1.40. The van der Waals surface area contributed by atoms with Gasteiger partial charge in [0.1, 0.15) is 15.4 Å². The molecule has 2 rings (SSSR count). The quantitative estimate of drug-likeness (QED) is 0.939. The molecule has 0 aliphatic rings. The largest absolute Gasteiger partial charge is 0.494 e. The molecule has 96 valence electrons. The van der Waals surface area contributed by atoms with Crippen molar-refractivity contribution in [1.29, 1.82) is 0 Å². The van der Waals surface area contributed by atoms with Crippen LogP contribution in [0, 0.1) is 5.82 Å². The number of ether oxygens (including phenoxy) is 1. The molecule has 0 amide bonds. The molecule has 1 N–H and O–H groups in total. The first-order valence-electron chi connectivity index (χ1n) is 5.22. The van der Waals surface area contributed by atoms with Gasteiger partial charge in [0.05, 0.1) is 13.3 Å². The van der Waals surface area contributed by atoms with Gasteiger partial charge in [-0.2, -0.15) is 0 Å². The van der Waals surface area contributed by atoms with Gasteiger partial charge in [0.2, 0.25) is 0 Å². The smallest absolute Gasteiger partial charge is 0.168 e. The molecule has 6 heteroatoms. The van der Waals surface area contributed by atoms with E-state index in [-0.39, 0.29) is 12.2 Å². The van der Waals surface area contributed by atoms with E-state index in [0.29, 0.717) is 14.9 Å². The van der Waals surface area contributed by atoms with Gasteiger partial charge in [0, 0.05) is 6.42 Å². The van der Waals surface area contributed by atoms with Crippen LogP contribution in [0.15, 0.2) is 24.4 Å². The minimum atomic E-state index is -0.871. The van der Waals surface area contributed by atoms with Crippen LogP contribution in [0.1, 0.15) is 16.7 Å². The highest BCUT2D eigenvalue weighted by molar-refractivity contribution is 7.15. The van der Waals surface area contributed by atoms with Gasteiger partial charge in [-0.15, -0.1) is 11.3 Å². The highest BCUT2D eigenvalue weighted by Crippen LogP contribution is 2.28. The van der Waals surface area contributed by atoms with Crippen molar-refractivity contribution in [3.8, 4) is 5.75 Å². The van der Waals surface area contributed by atoms with Gasteiger partial charge in [-0.05, 0) is 11.6 Å². The Morgan fingerprint density at radius 3 is 2.94 bits per heavy atom. The normalized spacial score (nSPS) is 12.4. The zero-order valence-corrected chi connectivity index (χ0v) is 11.1. The number of thiazole rings is 1. The number of rotatable bonds is 4. The maximum Gasteiger partial charge on any atom is 0.168 e. The fraction of sp³-hybridized carbons (Fsp3) is 0.250. The van der Waals surface area contributed by atoms with Crippen molar-refractivity contribution in [2.24, 2.45) is 0 Å². The van der Waals surface area contributed by atoms with Crippen molar-refractivity contribution in [3.05, 3.63) is 45.1 Å². The molecule has 0 saturated carbocycles. The van der Waals surface area contributed by atoms with Crippen LogP contribution in [0.5, 0.6) is 5.75 Å². The second kappa shape index (κ2) is 5.65. The number of aromatic nitrogens is 1. The topological polar surface area (TPSA) is 42.4 Å². The first-order valence-corrected chi connectivity index (χ1v) is 6.42. The molecule has 1 unspecified atom stereocenters. The number of hydrogen-bond donors (Lipinski definition) is 1. The lowest BCUT2D eigenvalue weighted by Crippen LogP contribution is -2.04. The Morgan fingerprint density at radius 2 is 2.33 bits per heavy atom.